The summed E-state index contributed by atoms with van der Waals surface area (Å²) in [5.41, 5.74) is 1.41. The monoisotopic (exact) mass is 474 g/mol. The molecule has 1 N–H and O–H groups in total. The van der Waals surface area contributed by atoms with Gasteiger partial charge in [0.05, 0.1) is 50.1 Å². The number of methoxy groups -OCH3 is 2. The molecule has 1 saturated heterocycles. The molecule has 0 bridgehead atoms. The fraction of sp³-hybridized carbons (Fsp3) is 0.417. The SMILES string of the molecule is COc1cc(NC(=O)Cc2cc(Cl)c3c(c2)OCCCO3)c(C(=O)N2CCCC2)cc1OC. The number of anilines is 1. The Balaban J connectivity index is 1.58. The molecule has 0 spiro atoms. The molecule has 2 aromatic rings. The van der Waals surface area contributed by atoms with Gasteiger partial charge in [-0.3, -0.25) is 9.59 Å². The molecule has 0 aliphatic carbocycles. The maximum Gasteiger partial charge on any atom is 0.256 e. The van der Waals surface area contributed by atoms with Crippen LogP contribution in [-0.2, 0) is 11.2 Å². The van der Waals surface area contributed by atoms with Crippen molar-refractivity contribution in [2.45, 2.75) is 25.7 Å². The molecule has 2 amide bonds. The third-order valence-electron chi connectivity index (χ3n) is 5.65. The van der Waals surface area contributed by atoms with Crippen LogP contribution in [0.2, 0.25) is 5.02 Å². The van der Waals surface area contributed by atoms with Crippen molar-refractivity contribution < 1.29 is 28.5 Å². The van der Waals surface area contributed by atoms with E-state index >= 15 is 0 Å². The van der Waals surface area contributed by atoms with Gasteiger partial charge in [0.25, 0.3) is 5.91 Å². The summed E-state index contributed by atoms with van der Waals surface area (Å²) in [5, 5.41) is 3.26. The number of nitrogens with one attached hydrogen (secondary N) is 1. The molecule has 4 rings (SSSR count). The molecule has 8 nitrogen and oxygen atoms in total. The van der Waals surface area contributed by atoms with Gasteiger partial charge in [-0.2, -0.15) is 0 Å². The molecule has 1 fully saturated rings. The van der Waals surface area contributed by atoms with Crippen LogP contribution in [0.15, 0.2) is 24.3 Å². The molecule has 2 aliphatic heterocycles. The summed E-state index contributed by atoms with van der Waals surface area (Å²) in [6, 6.07) is 6.68. The molecular weight excluding hydrogens is 448 g/mol. The number of rotatable bonds is 6. The van der Waals surface area contributed by atoms with Crippen LogP contribution >= 0.6 is 11.6 Å². The van der Waals surface area contributed by atoms with Crippen LogP contribution in [0, 0.1) is 0 Å². The Morgan fingerprint density at radius 1 is 1.00 bits per heavy atom. The first-order valence-corrected chi connectivity index (χ1v) is 11.3. The largest absolute Gasteiger partial charge is 0.493 e. The summed E-state index contributed by atoms with van der Waals surface area (Å²) in [4.78, 5) is 27.9. The van der Waals surface area contributed by atoms with Gasteiger partial charge in [0.2, 0.25) is 5.91 Å². The van der Waals surface area contributed by atoms with E-state index in [0.29, 0.717) is 71.1 Å². The van der Waals surface area contributed by atoms with Gasteiger partial charge in [0.15, 0.2) is 23.0 Å². The van der Waals surface area contributed by atoms with E-state index in [1.807, 2.05) is 0 Å². The number of likely N-dealkylation sites (tertiary alicyclic amines) is 1. The van der Waals surface area contributed by atoms with Crippen LogP contribution in [0.5, 0.6) is 23.0 Å². The highest BCUT2D eigenvalue weighted by Crippen LogP contribution is 2.38. The number of halogens is 1. The smallest absolute Gasteiger partial charge is 0.256 e. The average Bonchev–Trinajstić information content (AvgIpc) is 3.24. The molecule has 176 valence electrons. The molecule has 0 saturated carbocycles. The van der Waals surface area contributed by atoms with Crippen LogP contribution in [-0.4, -0.2) is 57.2 Å². The van der Waals surface area contributed by atoms with E-state index in [1.54, 1.807) is 29.2 Å². The van der Waals surface area contributed by atoms with Crippen LogP contribution in [0.4, 0.5) is 5.69 Å². The second-order valence-corrected chi connectivity index (χ2v) is 8.34. The quantitative estimate of drug-likeness (QED) is 0.682. The Morgan fingerprint density at radius 2 is 1.70 bits per heavy atom. The Kier molecular flexibility index (Phi) is 7.13. The maximum absolute atomic E-state index is 13.1. The van der Waals surface area contributed by atoms with Gasteiger partial charge in [0, 0.05) is 25.6 Å². The zero-order valence-corrected chi connectivity index (χ0v) is 19.5. The Morgan fingerprint density at radius 3 is 2.42 bits per heavy atom. The zero-order chi connectivity index (χ0) is 23.4. The number of carbonyl (C=O) groups excluding carboxylic acids is 2. The first-order chi connectivity index (χ1) is 16.0. The molecule has 0 unspecified atom stereocenters. The predicted molar refractivity (Wildman–Crippen MR) is 124 cm³/mol. The van der Waals surface area contributed by atoms with Crippen molar-refractivity contribution in [3.8, 4) is 23.0 Å². The minimum absolute atomic E-state index is 0.0437. The zero-order valence-electron chi connectivity index (χ0n) is 18.7. The Bertz CT molecular complexity index is 1050. The maximum atomic E-state index is 13.1. The highest BCUT2D eigenvalue weighted by atomic mass is 35.5. The Hall–Kier alpha value is -3.13. The van der Waals surface area contributed by atoms with Crippen LogP contribution in [0.25, 0.3) is 0 Å². The number of carbonyl (C=O) groups is 2. The lowest BCUT2D eigenvalue weighted by Gasteiger charge is -2.20. The number of nitrogens with zero attached hydrogens (tertiary/aromatic N) is 1. The van der Waals surface area contributed by atoms with E-state index in [-0.39, 0.29) is 18.2 Å². The van der Waals surface area contributed by atoms with E-state index in [1.165, 1.54) is 14.2 Å². The average molecular weight is 475 g/mol. The van der Waals surface area contributed by atoms with Crippen LogP contribution in [0.3, 0.4) is 0 Å². The molecule has 2 aromatic carbocycles. The van der Waals surface area contributed by atoms with Crippen molar-refractivity contribution in [1.82, 2.24) is 4.90 Å². The Labute approximate surface area is 197 Å². The molecule has 0 aromatic heterocycles. The highest BCUT2D eigenvalue weighted by molar-refractivity contribution is 6.32. The van der Waals surface area contributed by atoms with Gasteiger partial charge in [-0.25, -0.2) is 0 Å². The molecule has 0 radical (unpaired) electrons. The second kappa shape index (κ2) is 10.2. The summed E-state index contributed by atoms with van der Waals surface area (Å²) in [5.74, 6) is 1.42. The fourth-order valence-electron chi connectivity index (χ4n) is 4.02. The summed E-state index contributed by atoms with van der Waals surface area (Å²) in [6.45, 7) is 2.43. The standard InChI is InChI=1S/C24H27ClN2O6/c1-30-19-13-16(24(29)27-6-3-4-7-27)18(14-20(19)31-2)26-22(28)12-15-10-17(25)23-21(11-15)32-8-5-9-33-23/h10-11,13-14H,3-9,12H2,1-2H3,(H,26,28). The summed E-state index contributed by atoms with van der Waals surface area (Å²) in [7, 11) is 3.01. The minimum atomic E-state index is -0.303. The molecule has 2 aliphatic rings. The van der Waals surface area contributed by atoms with Gasteiger partial charge < -0.3 is 29.2 Å². The van der Waals surface area contributed by atoms with Gasteiger partial charge in [-0.1, -0.05) is 11.6 Å². The lowest BCUT2D eigenvalue weighted by atomic mass is 10.1. The van der Waals surface area contributed by atoms with Crippen molar-refractivity contribution in [2.75, 3.05) is 45.8 Å². The minimum Gasteiger partial charge on any atom is -0.493 e. The number of amides is 2. The van der Waals surface area contributed by atoms with E-state index in [9.17, 15) is 9.59 Å². The lowest BCUT2D eigenvalue weighted by molar-refractivity contribution is -0.115. The molecule has 0 atom stereocenters. The number of fused-ring (bicyclic) bond motifs is 1. The first kappa shape index (κ1) is 23.0. The lowest BCUT2D eigenvalue weighted by Crippen LogP contribution is -2.29. The van der Waals surface area contributed by atoms with E-state index in [2.05, 4.69) is 5.32 Å². The van der Waals surface area contributed by atoms with Crippen molar-refractivity contribution in [2.24, 2.45) is 0 Å². The second-order valence-electron chi connectivity index (χ2n) is 7.93. The summed E-state index contributed by atoms with van der Waals surface area (Å²) >= 11 is 6.36. The first-order valence-electron chi connectivity index (χ1n) is 10.9. The number of hydrogen-bond acceptors (Lipinski definition) is 6. The summed E-state index contributed by atoms with van der Waals surface area (Å²) in [6.07, 6.45) is 2.73. The van der Waals surface area contributed by atoms with Crippen molar-refractivity contribution in [3.05, 3.63) is 40.4 Å². The van der Waals surface area contributed by atoms with Crippen LogP contribution < -0.4 is 24.3 Å². The normalized spacial score (nSPS) is 15.1. The van der Waals surface area contributed by atoms with Gasteiger partial charge in [0.1, 0.15) is 0 Å². The predicted octanol–water partition coefficient (Wildman–Crippen LogP) is 3.94. The topological polar surface area (TPSA) is 86.3 Å². The molecule has 2 heterocycles. The van der Waals surface area contributed by atoms with Gasteiger partial charge in [-0.05, 0) is 36.6 Å². The van der Waals surface area contributed by atoms with Crippen LogP contribution in [0.1, 0.15) is 35.2 Å². The van der Waals surface area contributed by atoms with E-state index in [4.69, 9.17) is 30.5 Å². The van der Waals surface area contributed by atoms with E-state index in [0.717, 1.165) is 19.3 Å². The number of ether oxygens (including phenoxy) is 4. The number of hydrogen-bond donors (Lipinski definition) is 1. The molecule has 33 heavy (non-hydrogen) atoms. The van der Waals surface area contributed by atoms with Gasteiger partial charge in [-0.15, -0.1) is 0 Å². The number of benzene rings is 2. The molecular formula is C24H27ClN2O6. The molecule has 9 heteroatoms. The summed E-state index contributed by atoms with van der Waals surface area (Å²) < 4.78 is 22.1. The van der Waals surface area contributed by atoms with E-state index < -0.39 is 0 Å². The van der Waals surface area contributed by atoms with Crippen molar-refractivity contribution in [3.63, 3.8) is 0 Å². The highest BCUT2D eigenvalue weighted by Gasteiger charge is 2.25. The van der Waals surface area contributed by atoms with Crippen molar-refractivity contribution >= 4 is 29.1 Å². The third-order valence-corrected chi connectivity index (χ3v) is 5.93. The fourth-order valence-corrected chi connectivity index (χ4v) is 4.30. The van der Waals surface area contributed by atoms with Crippen molar-refractivity contribution in [1.29, 1.82) is 0 Å². The van der Waals surface area contributed by atoms with Gasteiger partial charge >= 0.3 is 0 Å². The third kappa shape index (κ3) is 5.11.